The molecule has 1 saturated heterocycles. The molecule has 1 amide bonds. The number of carbonyl (C=O) groups is 1. The summed E-state index contributed by atoms with van der Waals surface area (Å²) in [5, 5.41) is 6.59. The average molecular weight is 432 g/mol. The number of morpholine rings is 1. The minimum Gasteiger partial charge on any atom is -0.378 e. The highest BCUT2D eigenvalue weighted by molar-refractivity contribution is 7.80. The highest BCUT2D eigenvalue weighted by Crippen LogP contribution is 2.29. The van der Waals surface area contributed by atoms with Crippen molar-refractivity contribution < 1.29 is 9.53 Å². The maximum absolute atomic E-state index is 12.5. The Bertz CT molecular complexity index is 888. The normalized spacial score (nSPS) is 14.4. The van der Waals surface area contributed by atoms with Crippen LogP contribution < -0.4 is 15.5 Å². The molecule has 1 aliphatic heterocycles. The number of nitrogens with zero attached hydrogens (tertiary/aromatic N) is 1. The molecule has 1 fully saturated rings. The van der Waals surface area contributed by atoms with E-state index in [-0.39, 0.29) is 16.4 Å². The summed E-state index contributed by atoms with van der Waals surface area (Å²) in [6.45, 7) is 9.43. The van der Waals surface area contributed by atoms with Crippen molar-refractivity contribution in [1.29, 1.82) is 0 Å². The fraction of sp³-hybridized carbons (Fsp3) is 0.364. The molecule has 3 rings (SSSR count). The molecule has 1 aliphatic rings. The first-order valence-corrected chi connectivity index (χ1v) is 10.4. The average Bonchev–Trinajstić information content (AvgIpc) is 2.68. The Hall–Kier alpha value is -2.15. The number of amides is 1. The van der Waals surface area contributed by atoms with Gasteiger partial charge in [-0.1, -0.05) is 44.5 Å². The lowest BCUT2D eigenvalue weighted by Gasteiger charge is -2.29. The first kappa shape index (κ1) is 21.6. The van der Waals surface area contributed by atoms with E-state index in [0.717, 1.165) is 24.5 Å². The van der Waals surface area contributed by atoms with E-state index < -0.39 is 0 Å². The summed E-state index contributed by atoms with van der Waals surface area (Å²) in [7, 11) is 0. The van der Waals surface area contributed by atoms with Gasteiger partial charge in [0.15, 0.2) is 5.11 Å². The van der Waals surface area contributed by atoms with Crippen LogP contribution in [0.2, 0.25) is 5.02 Å². The summed E-state index contributed by atoms with van der Waals surface area (Å²) in [4.78, 5) is 14.6. The van der Waals surface area contributed by atoms with Crippen LogP contribution in [0.25, 0.3) is 0 Å². The Labute approximate surface area is 182 Å². The number of benzene rings is 2. The van der Waals surface area contributed by atoms with Crippen LogP contribution >= 0.6 is 23.8 Å². The van der Waals surface area contributed by atoms with Gasteiger partial charge in [-0.2, -0.15) is 0 Å². The van der Waals surface area contributed by atoms with E-state index >= 15 is 0 Å². The predicted molar refractivity (Wildman–Crippen MR) is 123 cm³/mol. The fourth-order valence-corrected chi connectivity index (χ4v) is 3.62. The molecule has 154 valence electrons. The van der Waals surface area contributed by atoms with Gasteiger partial charge < -0.3 is 15.0 Å². The molecule has 1 heterocycles. The molecule has 7 heteroatoms. The summed E-state index contributed by atoms with van der Waals surface area (Å²) in [5.74, 6) is -0.251. The van der Waals surface area contributed by atoms with E-state index in [1.165, 1.54) is 5.56 Å². The lowest BCUT2D eigenvalue weighted by atomic mass is 9.87. The molecular weight excluding hydrogens is 406 g/mol. The summed E-state index contributed by atoms with van der Waals surface area (Å²) >= 11 is 11.7. The number of carbonyl (C=O) groups excluding carboxylic acids is 1. The van der Waals surface area contributed by atoms with Crippen LogP contribution in [-0.2, 0) is 10.2 Å². The number of rotatable bonds is 3. The van der Waals surface area contributed by atoms with Crippen molar-refractivity contribution in [2.45, 2.75) is 26.2 Å². The molecule has 29 heavy (non-hydrogen) atoms. The summed E-state index contributed by atoms with van der Waals surface area (Å²) in [5.41, 5.74) is 3.46. The molecule has 0 bridgehead atoms. The van der Waals surface area contributed by atoms with Gasteiger partial charge in [0.2, 0.25) is 0 Å². The minimum absolute atomic E-state index is 0.0402. The van der Waals surface area contributed by atoms with Crippen LogP contribution in [0.15, 0.2) is 42.5 Å². The van der Waals surface area contributed by atoms with E-state index in [9.17, 15) is 4.79 Å². The molecule has 0 aromatic heterocycles. The number of hydrogen-bond donors (Lipinski definition) is 2. The lowest BCUT2D eigenvalue weighted by molar-refractivity contribution is 0.0977. The number of anilines is 2. The molecule has 2 aromatic carbocycles. The third kappa shape index (κ3) is 5.69. The zero-order chi connectivity index (χ0) is 21.0. The highest BCUT2D eigenvalue weighted by Gasteiger charge is 2.16. The van der Waals surface area contributed by atoms with Crippen LogP contribution in [-0.4, -0.2) is 37.3 Å². The Kier molecular flexibility index (Phi) is 6.77. The van der Waals surface area contributed by atoms with Crippen molar-refractivity contribution in [2.24, 2.45) is 0 Å². The first-order valence-electron chi connectivity index (χ1n) is 9.59. The molecule has 0 unspecified atom stereocenters. The van der Waals surface area contributed by atoms with Crippen LogP contribution in [0.5, 0.6) is 0 Å². The Morgan fingerprint density at radius 3 is 2.34 bits per heavy atom. The van der Waals surface area contributed by atoms with Gasteiger partial charge in [-0.15, -0.1) is 0 Å². The van der Waals surface area contributed by atoms with E-state index in [1.807, 2.05) is 42.5 Å². The van der Waals surface area contributed by atoms with Gasteiger partial charge >= 0.3 is 0 Å². The SMILES string of the molecule is CC(C)(C)c1ccc(C(=O)NC(=S)Nc2ccc(N3CCOCC3)c(Cl)c2)cc1. The number of halogens is 1. The van der Waals surface area contributed by atoms with Crippen molar-refractivity contribution >= 4 is 46.2 Å². The minimum atomic E-state index is -0.251. The van der Waals surface area contributed by atoms with Crippen molar-refractivity contribution in [2.75, 3.05) is 36.5 Å². The Morgan fingerprint density at radius 2 is 1.76 bits per heavy atom. The highest BCUT2D eigenvalue weighted by atomic mass is 35.5. The lowest BCUT2D eigenvalue weighted by Crippen LogP contribution is -2.36. The van der Waals surface area contributed by atoms with Crippen LogP contribution in [0.4, 0.5) is 11.4 Å². The molecule has 0 aliphatic carbocycles. The first-order chi connectivity index (χ1) is 13.7. The third-order valence-corrected chi connectivity index (χ3v) is 5.30. The van der Waals surface area contributed by atoms with Crippen LogP contribution in [0, 0.1) is 0 Å². The molecule has 0 radical (unpaired) electrons. The maximum atomic E-state index is 12.5. The maximum Gasteiger partial charge on any atom is 0.257 e. The predicted octanol–water partition coefficient (Wildman–Crippen LogP) is 4.60. The van der Waals surface area contributed by atoms with Gasteiger partial charge in [-0.05, 0) is 53.5 Å². The third-order valence-electron chi connectivity index (χ3n) is 4.80. The van der Waals surface area contributed by atoms with E-state index in [1.54, 1.807) is 0 Å². The van der Waals surface area contributed by atoms with Crippen molar-refractivity contribution in [3.63, 3.8) is 0 Å². The molecule has 2 N–H and O–H groups in total. The fourth-order valence-electron chi connectivity index (χ4n) is 3.10. The monoisotopic (exact) mass is 431 g/mol. The second-order valence-corrected chi connectivity index (χ2v) is 8.82. The van der Waals surface area contributed by atoms with Crippen LogP contribution in [0.1, 0.15) is 36.7 Å². The van der Waals surface area contributed by atoms with E-state index in [4.69, 9.17) is 28.6 Å². The number of hydrogen-bond acceptors (Lipinski definition) is 4. The summed E-state index contributed by atoms with van der Waals surface area (Å²) in [6.07, 6.45) is 0. The van der Waals surface area contributed by atoms with Gasteiger partial charge in [0, 0.05) is 24.3 Å². The molecule has 5 nitrogen and oxygen atoms in total. The van der Waals surface area contributed by atoms with Crippen LogP contribution in [0.3, 0.4) is 0 Å². The molecule has 0 spiro atoms. The van der Waals surface area contributed by atoms with Gasteiger partial charge in [-0.3, -0.25) is 10.1 Å². The summed E-state index contributed by atoms with van der Waals surface area (Å²) in [6, 6.07) is 13.2. The van der Waals surface area contributed by atoms with Crippen molar-refractivity contribution in [1.82, 2.24) is 5.32 Å². The van der Waals surface area contributed by atoms with E-state index in [2.05, 4.69) is 36.3 Å². The molecule has 2 aromatic rings. The standard InChI is InChI=1S/C22H26ClN3O2S/c1-22(2,3)16-6-4-15(5-7-16)20(27)25-21(29)24-17-8-9-19(18(23)14-17)26-10-12-28-13-11-26/h4-9,14H,10-13H2,1-3H3,(H2,24,25,27,29). The zero-order valence-electron chi connectivity index (χ0n) is 16.9. The second kappa shape index (κ2) is 9.11. The number of thiocarbonyl (C=S) groups is 1. The number of nitrogens with one attached hydrogen (secondary N) is 2. The van der Waals surface area contributed by atoms with Gasteiger partial charge in [0.1, 0.15) is 0 Å². The number of ether oxygens (including phenoxy) is 1. The quantitative estimate of drug-likeness (QED) is 0.695. The molecular formula is C22H26ClN3O2S. The van der Waals surface area contributed by atoms with Crippen molar-refractivity contribution in [3.05, 3.63) is 58.6 Å². The molecule has 0 atom stereocenters. The van der Waals surface area contributed by atoms with Crippen molar-refractivity contribution in [3.8, 4) is 0 Å². The van der Waals surface area contributed by atoms with Gasteiger partial charge in [0.25, 0.3) is 5.91 Å². The molecule has 0 saturated carbocycles. The largest absolute Gasteiger partial charge is 0.378 e. The van der Waals surface area contributed by atoms with E-state index in [0.29, 0.717) is 23.8 Å². The topological polar surface area (TPSA) is 53.6 Å². The smallest absolute Gasteiger partial charge is 0.257 e. The Balaban J connectivity index is 1.60. The second-order valence-electron chi connectivity index (χ2n) is 8.00. The van der Waals surface area contributed by atoms with Gasteiger partial charge in [-0.25, -0.2) is 0 Å². The Morgan fingerprint density at radius 1 is 1.10 bits per heavy atom. The summed E-state index contributed by atoms with van der Waals surface area (Å²) < 4.78 is 5.38. The zero-order valence-corrected chi connectivity index (χ0v) is 18.5. The van der Waals surface area contributed by atoms with Gasteiger partial charge in [0.05, 0.1) is 23.9 Å².